The van der Waals surface area contributed by atoms with Gasteiger partial charge >= 0.3 is 0 Å². The van der Waals surface area contributed by atoms with Crippen molar-refractivity contribution in [3.63, 3.8) is 0 Å². The Labute approximate surface area is 189 Å². The topological polar surface area (TPSA) is 36.9 Å². The van der Waals surface area contributed by atoms with Crippen LogP contribution in [0.3, 0.4) is 0 Å². The average Bonchev–Trinajstić information content (AvgIpc) is 3.52. The first-order valence-corrected chi connectivity index (χ1v) is 10.1. The van der Waals surface area contributed by atoms with E-state index >= 15 is 0 Å². The summed E-state index contributed by atoms with van der Waals surface area (Å²) >= 11 is 0. The molecule has 0 bridgehead atoms. The SMILES string of the molecule is CN=C(NCC1(c2ccc(F)cc2)CC1)N1CCC(Oc2ccccc2)CC1.I. The Morgan fingerprint density at radius 1 is 1.10 bits per heavy atom. The summed E-state index contributed by atoms with van der Waals surface area (Å²) in [7, 11) is 1.84. The first kappa shape index (κ1) is 21.9. The molecule has 2 aromatic carbocycles. The van der Waals surface area contributed by atoms with Crippen molar-refractivity contribution in [2.45, 2.75) is 37.2 Å². The van der Waals surface area contributed by atoms with Crippen molar-refractivity contribution < 1.29 is 9.13 Å². The highest BCUT2D eigenvalue weighted by Gasteiger charge is 2.44. The summed E-state index contributed by atoms with van der Waals surface area (Å²) in [5.74, 6) is 1.72. The van der Waals surface area contributed by atoms with Crippen molar-refractivity contribution in [2.24, 2.45) is 4.99 Å². The third-order valence-electron chi connectivity index (χ3n) is 5.89. The third kappa shape index (κ3) is 5.41. The zero-order valence-corrected chi connectivity index (χ0v) is 19.1. The summed E-state index contributed by atoms with van der Waals surface area (Å²) in [5, 5.41) is 3.56. The van der Waals surface area contributed by atoms with Gasteiger partial charge in [-0.15, -0.1) is 24.0 Å². The second-order valence-electron chi connectivity index (χ2n) is 7.81. The van der Waals surface area contributed by atoms with Crippen LogP contribution in [0.25, 0.3) is 0 Å². The van der Waals surface area contributed by atoms with E-state index in [0.29, 0.717) is 0 Å². The van der Waals surface area contributed by atoms with Gasteiger partial charge in [0.15, 0.2) is 5.96 Å². The number of nitrogens with one attached hydrogen (secondary N) is 1. The monoisotopic (exact) mass is 509 g/mol. The van der Waals surface area contributed by atoms with Crippen LogP contribution in [0, 0.1) is 5.82 Å². The highest BCUT2D eigenvalue weighted by Crippen LogP contribution is 2.47. The molecule has 156 valence electrons. The van der Waals surface area contributed by atoms with Crippen molar-refractivity contribution >= 4 is 29.9 Å². The second kappa shape index (κ2) is 9.78. The number of ether oxygens (including phenoxy) is 1. The zero-order chi connectivity index (χ0) is 19.4. The van der Waals surface area contributed by atoms with E-state index in [1.54, 1.807) is 12.1 Å². The maximum absolute atomic E-state index is 13.2. The van der Waals surface area contributed by atoms with Gasteiger partial charge in [0.25, 0.3) is 0 Å². The molecule has 1 N–H and O–H groups in total. The van der Waals surface area contributed by atoms with Crippen molar-refractivity contribution in [1.29, 1.82) is 0 Å². The molecule has 1 saturated carbocycles. The van der Waals surface area contributed by atoms with Gasteiger partial charge in [-0.1, -0.05) is 30.3 Å². The van der Waals surface area contributed by atoms with Crippen LogP contribution in [0.4, 0.5) is 4.39 Å². The van der Waals surface area contributed by atoms with Crippen molar-refractivity contribution in [1.82, 2.24) is 10.2 Å². The van der Waals surface area contributed by atoms with Gasteiger partial charge in [0, 0.05) is 44.9 Å². The molecule has 0 aromatic heterocycles. The Kier molecular flexibility index (Phi) is 7.38. The number of halogens is 2. The molecular weight excluding hydrogens is 480 g/mol. The number of nitrogens with zero attached hydrogens (tertiary/aromatic N) is 2. The summed E-state index contributed by atoms with van der Waals surface area (Å²) < 4.78 is 19.3. The molecule has 2 aromatic rings. The molecular formula is C23H29FIN3O. The van der Waals surface area contributed by atoms with Gasteiger partial charge in [-0.05, 0) is 42.7 Å². The van der Waals surface area contributed by atoms with E-state index in [4.69, 9.17) is 4.74 Å². The molecule has 6 heteroatoms. The number of rotatable bonds is 5. The minimum atomic E-state index is -0.177. The Hall–Kier alpha value is -1.83. The Balaban J connectivity index is 0.00000240. The molecule has 0 spiro atoms. The third-order valence-corrected chi connectivity index (χ3v) is 5.89. The summed E-state index contributed by atoms with van der Waals surface area (Å²) in [6.45, 7) is 2.70. The van der Waals surface area contributed by atoms with Crippen LogP contribution in [0.2, 0.25) is 0 Å². The van der Waals surface area contributed by atoms with Crippen LogP contribution >= 0.6 is 24.0 Å². The van der Waals surface area contributed by atoms with E-state index in [1.165, 1.54) is 5.56 Å². The summed E-state index contributed by atoms with van der Waals surface area (Å²) in [4.78, 5) is 6.80. The molecule has 29 heavy (non-hydrogen) atoms. The minimum absolute atomic E-state index is 0. The predicted molar refractivity (Wildman–Crippen MR) is 126 cm³/mol. The summed E-state index contributed by atoms with van der Waals surface area (Å²) in [5.41, 5.74) is 1.34. The molecule has 2 fully saturated rings. The Morgan fingerprint density at radius 3 is 2.34 bits per heavy atom. The molecule has 1 saturated heterocycles. The number of benzene rings is 2. The second-order valence-corrected chi connectivity index (χ2v) is 7.81. The number of para-hydroxylation sites is 1. The lowest BCUT2D eigenvalue weighted by Gasteiger charge is -2.35. The minimum Gasteiger partial charge on any atom is -0.490 e. The van der Waals surface area contributed by atoms with Crippen LogP contribution in [0.15, 0.2) is 59.6 Å². The Bertz CT molecular complexity index is 801. The normalized spacial score (nSPS) is 18.7. The number of guanidine groups is 1. The smallest absolute Gasteiger partial charge is 0.193 e. The first-order chi connectivity index (χ1) is 13.7. The molecule has 4 rings (SSSR count). The molecule has 2 aliphatic rings. The molecule has 4 nitrogen and oxygen atoms in total. The van der Waals surface area contributed by atoms with Gasteiger partial charge < -0.3 is 15.0 Å². The molecule has 0 unspecified atom stereocenters. The average molecular weight is 509 g/mol. The summed E-state index contributed by atoms with van der Waals surface area (Å²) in [6, 6.07) is 17.0. The first-order valence-electron chi connectivity index (χ1n) is 10.1. The molecule has 1 heterocycles. The number of hydrogen-bond acceptors (Lipinski definition) is 2. The van der Waals surface area contributed by atoms with Gasteiger partial charge in [-0.3, -0.25) is 4.99 Å². The van der Waals surface area contributed by atoms with E-state index in [2.05, 4.69) is 15.2 Å². The van der Waals surface area contributed by atoms with Gasteiger partial charge in [0.2, 0.25) is 0 Å². The van der Waals surface area contributed by atoms with E-state index in [-0.39, 0.29) is 41.3 Å². The van der Waals surface area contributed by atoms with E-state index in [0.717, 1.165) is 57.0 Å². The molecule has 1 aliphatic carbocycles. The predicted octanol–water partition coefficient (Wildman–Crippen LogP) is 4.59. The van der Waals surface area contributed by atoms with Crippen molar-refractivity contribution in [3.8, 4) is 5.75 Å². The zero-order valence-electron chi connectivity index (χ0n) is 16.8. The standard InChI is InChI=1S/C23H28FN3O.HI/c1-25-22(26-17-23(13-14-23)18-7-9-19(24)10-8-18)27-15-11-21(12-16-27)28-20-5-3-2-4-6-20;/h2-10,21H,11-17H2,1H3,(H,25,26);1H. The van der Waals surface area contributed by atoms with Gasteiger partial charge in [0.05, 0.1) is 0 Å². The number of hydrogen-bond donors (Lipinski definition) is 1. The van der Waals surface area contributed by atoms with Crippen molar-refractivity contribution in [3.05, 3.63) is 66.0 Å². The van der Waals surface area contributed by atoms with Gasteiger partial charge in [-0.25, -0.2) is 4.39 Å². The quantitative estimate of drug-likeness (QED) is 0.364. The van der Waals surface area contributed by atoms with E-state index in [9.17, 15) is 4.39 Å². The lowest BCUT2D eigenvalue weighted by molar-refractivity contribution is 0.129. The summed E-state index contributed by atoms with van der Waals surface area (Å²) in [6.07, 6.45) is 4.49. The van der Waals surface area contributed by atoms with E-state index < -0.39 is 0 Å². The molecule has 1 aliphatic heterocycles. The number of aliphatic imine (C=N–C) groups is 1. The fraction of sp³-hybridized carbons (Fsp3) is 0.435. The van der Waals surface area contributed by atoms with E-state index in [1.807, 2.05) is 49.5 Å². The van der Waals surface area contributed by atoms with Crippen LogP contribution in [-0.2, 0) is 5.41 Å². The lowest BCUT2D eigenvalue weighted by atomic mass is 9.96. The van der Waals surface area contributed by atoms with Crippen LogP contribution in [0.1, 0.15) is 31.2 Å². The van der Waals surface area contributed by atoms with Crippen LogP contribution < -0.4 is 10.1 Å². The molecule has 0 amide bonds. The Morgan fingerprint density at radius 2 is 1.76 bits per heavy atom. The lowest BCUT2D eigenvalue weighted by Crippen LogP contribution is -2.49. The maximum atomic E-state index is 13.2. The van der Waals surface area contributed by atoms with Gasteiger partial charge in [0.1, 0.15) is 17.7 Å². The number of piperidine rings is 1. The van der Waals surface area contributed by atoms with Crippen molar-refractivity contribution in [2.75, 3.05) is 26.7 Å². The largest absolute Gasteiger partial charge is 0.490 e. The highest BCUT2D eigenvalue weighted by molar-refractivity contribution is 14.0. The van der Waals surface area contributed by atoms with Crippen LogP contribution in [-0.4, -0.2) is 43.6 Å². The molecule has 0 radical (unpaired) electrons. The molecule has 0 atom stereocenters. The number of likely N-dealkylation sites (tertiary alicyclic amines) is 1. The van der Waals surface area contributed by atoms with Gasteiger partial charge in [-0.2, -0.15) is 0 Å². The van der Waals surface area contributed by atoms with Crippen LogP contribution in [0.5, 0.6) is 5.75 Å². The fourth-order valence-electron chi connectivity index (χ4n) is 3.98. The fourth-order valence-corrected chi connectivity index (χ4v) is 3.98. The maximum Gasteiger partial charge on any atom is 0.193 e. The highest BCUT2D eigenvalue weighted by atomic mass is 127.